The molecule has 1 aromatic rings. The van der Waals surface area contributed by atoms with E-state index in [2.05, 4.69) is 35.5 Å². The van der Waals surface area contributed by atoms with E-state index < -0.39 is 0 Å². The molecule has 21 heavy (non-hydrogen) atoms. The Bertz CT molecular complexity index is 462. The van der Waals surface area contributed by atoms with Gasteiger partial charge in [-0.05, 0) is 38.9 Å². The number of hydrogen-bond donors (Lipinski definition) is 1. The molecule has 0 bridgehead atoms. The molecule has 116 valence electrons. The van der Waals surface area contributed by atoms with Crippen LogP contribution in [-0.2, 0) is 4.74 Å². The standard InChI is InChI=1S/C17H26N2O2/c1-18-17-14-5-3-4-6-16(14)21-12-15(17)19(2)9-10-20-11-13-7-8-13/h3-6,13,15,17-18H,7-12H2,1-2H3. The predicted molar refractivity (Wildman–Crippen MR) is 83.7 cm³/mol. The molecule has 4 nitrogen and oxygen atoms in total. The summed E-state index contributed by atoms with van der Waals surface area (Å²) in [5.74, 6) is 1.84. The number of benzene rings is 1. The van der Waals surface area contributed by atoms with Gasteiger partial charge in [0.2, 0.25) is 0 Å². The molecule has 2 atom stereocenters. The molecule has 1 aliphatic carbocycles. The van der Waals surface area contributed by atoms with E-state index in [0.29, 0.717) is 12.1 Å². The number of rotatable bonds is 7. The van der Waals surface area contributed by atoms with Crippen LogP contribution >= 0.6 is 0 Å². The van der Waals surface area contributed by atoms with Crippen molar-refractivity contribution in [2.24, 2.45) is 5.92 Å². The topological polar surface area (TPSA) is 33.7 Å². The molecule has 1 fully saturated rings. The number of para-hydroxylation sites is 1. The van der Waals surface area contributed by atoms with Crippen LogP contribution in [0.2, 0.25) is 0 Å². The Morgan fingerprint density at radius 2 is 2.14 bits per heavy atom. The van der Waals surface area contributed by atoms with Crippen molar-refractivity contribution in [2.75, 3.05) is 40.5 Å². The summed E-state index contributed by atoms with van der Waals surface area (Å²) >= 11 is 0. The fourth-order valence-electron chi connectivity index (χ4n) is 2.99. The highest BCUT2D eigenvalue weighted by molar-refractivity contribution is 5.38. The van der Waals surface area contributed by atoms with Gasteiger partial charge in [-0.1, -0.05) is 18.2 Å². The lowest BCUT2D eigenvalue weighted by Gasteiger charge is -2.38. The summed E-state index contributed by atoms with van der Waals surface area (Å²) < 4.78 is 11.7. The molecule has 0 aromatic heterocycles. The third-order valence-corrected chi connectivity index (χ3v) is 4.56. The van der Waals surface area contributed by atoms with Gasteiger partial charge in [-0.25, -0.2) is 0 Å². The second-order valence-corrected chi connectivity index (χ2v) is 6.18. The fraction of sp³-hybridized carbons (Fsp3) is 0.647. The second kappa shape index (κ2) is 6.77. The van der Waals surface area contributed by atoms with Crippen molar-refractivity contribution in [3.63, 3.8) is 0 Å². The lowest BCUT2D eigenvalue weighted by Crippen LogP contribution is -2.48. The first-order valence-electron chi connectivity index (χ1n) is 7.96. The van der Waals surface area contributed by atoms with Gasteiger partial charge in [0, 0.05) is 18.7 Å². The quantitative estimate of drug-likeness (QED) is 0.780. The summed E-state index contributed by atoms with van der Waals surface area (Å²) in [4.78, 5) is 2.35. The van der Waals surface area contributed by atoms with Gasteiger partial charge in [-0.15, -0.1) is 0 Å². The molecular weight excluding hydrogens is 264 g/mol. The van der Waals surface area contributed by atoms with Gasteiger partial charge in [0.25, 0.3) is 0 Å². The van der Waals surface area contributed by atoms with E-state index >= 15 is 0 Å². The normalized spacial score (nSPS) is 24.7. The van der Waals surface area contributed by atoms with Crippen molar-refractivity contribution in [3.05, 3.63) is 29.8 Å². The molecule has 4 heteroatoms. The Morgan fingerprint density at radius 3 is 2.90 bits per heavy atom. The van der Waals surface area contributed by atoms with Crippen molar-refractivity contribution in [2.45, 2.75) is 24.9 Å². The fourth-order valence-corrected chi connectivity index (χ4v) is 2.99. The van der Waals surface area contributed by atoms with E-state index in [0.717, 1.165) is 38.0 Å². The number of nitrogens with zero attached hydrogens (tertiary/aromatic N) is 1. The van der Waals surface area contributed by atoms with Gasteiger partial charge in [-0.2, -0.15) is 0 Å². The maximum Gasteiger partial charge on any atom is 0.124 e. The van der Waals surface area contributed by atoms with Crippen LogP contribution in [0.5, 0.6) is 5.75 Å². The van der Waals surface area contributed by atoms with Crippen LogP contribution in [-0.4, -0.2) is 51.4 Å². The number of fused-ring (bicyclic) bond motifs is 1. The van der Waals surface area contributed by atoms with Crippen molar-refractivity contribution < 1.29 is 9.47 Å². The van der Waals surface area contributed by atoms with Crippen LogP contribution in [0, 0.1) is 5.92 Å². The predicted octanol–water partition coefficient (Wildman–Crippen LogP) is 2.07. The smallest absolute Gasteiger partial charge is 0.124 e. The third kappa shape index (κ3) is 3.57. The summed E-state index contributed by atoms with van der Waals surface area (Å²) in [5.41, 5.74) is 1.25. The van der Waals surface area contributed by atoms with Crippen LogP contribution in [0.3, 0.4) is 0 Å². The van der Waals surface area contributed by atoms with Crippen molar-refractivity contribution >= 4 is 0 Å². The lowest BCUT2D eigenvalue weighted by molar-refractivity contribution is 0.0612. The molecule has 0 spiro atoms. The highest BCUT2D eigenvalue weighted by Crippen LogP contribution is 2.33. The lowest BCUT2D eigenvalue weighted by atomic mass is 9.95. The molecule has 0 amide bonds. The molecular formula is C17H26N2O2. The van der Waals surface area contributed by atoms with Crippen molar-refractivity contribution in [1.82, 2.24) is 10.2 Å². The first-order valence-corrected chi connectivity index (χ1v) is 7.96. The van der Waals surface area contributed by atoms with E-state index in [1.54, 1.807) is 0 Å². The van der Waals surface area contributed by atoms with Gasteiger partial charge in [0.1, 0.15) is 12.4 Å². The van der Waals surface area contributed by atoms with Gasteiger partial charge < -0.3 is 14.8 Å². The van der Waals surface area contributed by atoms with Crippen LogP contribution in [0.4, 0.5) is 0 Å². The minimum atomic E-state index is 0.309. The minimum Gasteiger partial charge on any atom is -0.492 e. The van der Waals surface area contributed by atoms with Crippen molar-refractivity contribution in [1.29, 1.82) is 0 Å². The average molecular weight is 290 g/mol. The second-order valence-electron chi connectivity index (χ2n) is 6.18. The average Bonchev–Trinajstić information content (AvgIpc) is 3.34. The van der Waals surface area contributed by atoms with Crippen molar-refractivity contribution in [3.8, 4) is 5.75 Å². The molecule has 1 aliphatic heterocycles. The zero-order chi connectivity index (χ0) is 14.7. The van der Waals surface area contributed by atoms with E-state index in [9.17, 15) is 0 Å². The Labute approximate surface area is 127 Å². The highest BCUT2D eigenvalue weighted by Gasteiger charge is 2.32. The van der Waals surface area contributed by atoms with Crippen LogP contribution in [0.25, 0.3) is 0 Å². The molecule has 0 radical (unpaired) electrons. The molecule has 1 heterocycles. The first kappa shape index (κ1) is 14.8. The molecule has 1 saturated carbocycles. The van der Waals surface area contributed by atoms with E-state index in [1.807, 2.05) is 13.1 Å². The summed E-state index contributed by atoms with van der Waals surface area (Å²) in [7, 11) is 4.18. The largest absolute Gasteiger partial charge is 0.492 e. The summed E-state index contributed by atoms with van der Waals surface area (Å²) in [6.45, 7) is 3.41. The Morgan fingerprint density at radius 1 is 1.33 bits per heavy atom. The van der Waals surface area contributed by atoms with E-state index in [4.69, 9.17) is 9.47 Å². The zero-order valence-corrected chi connectivity index (χ0v) is 13.0. The number of likely N-dealkylation sites (N-methyl/N-ethyl adjacent to an activating group) is 2. The van der Waals surface area contributed by atoms with E-state index in [1.165, 1.54) is 18.4 Å². The van der Waals surface area contributed by atoms with Gasteiger partial charge in [0.15, 0.2) is 0 Å². The molecule has 1 N–H and O–H groups in total. The van der Waals surface area contributed by atoms with Gasteiger partial charge >= 0.3 is 0 Å². The monoisotopic (exact) mass is 290 g/mol. The summed E-state index contributed by atoms with van der Waals surface area (Å²) in [6.07, 6.45) is 2.70. The summed E-state index contributed by atoms with van der Waals surface area (Å²) in [5, 5.41) is 3.45. The maximum absolute atomic E-state index is 5.92. The molecule has 2 unspecified atom stereocenters. The molecule has 2 aliphatic rings. The SMILES string of the molecule is CNC1c2ccccc2OCC1N(C)CCOCC1CC1. The Hall–Kier alpha value is -1.10. The molecule has 0 saturated heterocycles. The number of ether oxygens (including phenoxy) is 2. The van der Waals surface area contributed by atoms with Crippen LogP contribution in [0.15, 0.2) is 24.3 Å². The van der Waals surface area contributed by atoms with Gasteiger partial charge in [-0.3, -0.25) is 4.90 Å². The molecule has 1 aromatic carbocycles. The van der Waals surface area contributed by atoms with Crippen LogP contribution < -0.4 is 10.1 Å². The first-order chi connectivity index (χ1) is 10.3. The number of nitrogens with one attached hydrogen (secondary N) is 1. The third-order valence-electron chi connectivity index (χ3n) is 4.56. The number of hydrogen-bond acceptors (Lipinski definition) is 4. The molecule has 3 rings (SSSR count). The Balaban J connectivity index is 1.56. The zero-order valence-electron chi connectivity index (χ0n) is 13.0. The Kier molecular flexibility index (Phi) is 4.78. The van der Waals surface area contributed by atoms with Crippen LogP contribution in [0.1, 0.15) is 24.4 Å². The van der Waals surface area contributed by atoms with Gasteiger partial charge in [0.05, 0.1) is 18.7 Å². The summed E-state index contributed by atoms with van der Waals surface area (Å²) in [6, 6.07) is 8.96. The van der Waals surface area contributed by atoms with E-state index in [-0.39, 0.29) is 0 Å². The highest BCUT2D eigenvalue weighted by atomic mass is 16.5. The maximum atomic E-state index is 5.92. The minimum absolute atomic E-state index is 0.309.